The summed E-state index contributed by atoms with van der Waals surface area (Å²) in [6.07, 6.45) is 2.16. The van der Waals surface area contributed by atoms with Crippen molar-refractivity contribution in [1.82, 2.24) is 14.9 Å². The number of carbonyl (C=O) groups is 1. The molecule has 1 heterocycles. The van der Waals surface area contributed by atoms with Gasteiger partial charge in [-0.25, -0.2) is 4.98 Å². The molecule has 0 aliphatic heterocycles. The number of nitrogens with zero attached hydrogens (tertiary/aromatic N) is 2. The molecule has 1 fully saturated rings. The van der Waals surface area contributed by atoms with E-state index in [1.807, 2.05) is 36.6 Å². The Bertz CT molecular complexity index is 642. The molecule has 1 atom stereocenters. The smallest absolute Gasteiger partial charge is 0.243 e. The topological polar surface area (TPSA) is 72.9 Å². The zero-order valence-corrected chi connectivity index (χ0v) is 11.2. The number of aromatic nitrogens is 2. The van der Waals surface area contributed by atoms with Crippen molar-refractivity contribution < 1.29 is 4.79 Å². The van der Waals surface area contributed by atoms with Crippen molar-refractivity contribution >= 4 is 22.9 Å². The van der Waals surface area contributed by atoms with Crippen LogP contribution < -0.4 is 11.1 Å². The van der Waals surface area contributed by atoms with Crippen LogP contribution in [0.15, 0.2) is 18.2 Å². The SMILES string of the molecule is Cc1cccc2nc(N)n(C(C)C(=O)NC3CC3)c12. The molecule has 100 valence electrons. The highest BCUT2D eigenvalue weighted by Gasteiger charge is 2.28. The summed E-state index contributed by atoms with van der Waals surface area (Å²) in [5, 5.41) is 3.01. The number of carbonyl (C=O) groups excluding carboxylic acids is 1. The van der Waals surface area contributed by atoms with Crippen molar-refractivity contribution in [3.05, 3.63) is 23.8 Å². The number of nitrogens with one attached hydrogen (secondary N) is 1. The molecule has 0 spiro atoms. The third-order valence-corrected chi connectivity index (χ3v) is 3.63. The van der Waals surface area contributed by atoms with E-state index in [-0.39, 0.29) is 11.9 Å². The molecular weight excluding hydrogens is 240 g/mol. The number of amides is 1. The average molecular weight is 258 g/mol. The van der Waals surface area contributed by atoms with Gasteiger partial charge < -0.3 is 11.1 Å². The predicted octanol–water partition coefficient (Wildman–Crippen LogP) is 1.77. The van der Waals surface area contributed by atoms with Crippen LogP contribution in [0.2, 0.25) is 0 Å². The van der Waals surface area contributed by atoms with Gasteiger partial charge in [-0.2, -0.15) is 0 Å². The Hall–Kier alpha value is -2.04. The van der Waals surface area contributed by atoms with E-state index in [4.69, 9.17) is 5.73 Å². The number of para-hydroxylation sites is 1. The van der Waals surface area contributed by atoms with Gasteiger partial charge in [0.15, 0.2) is 0 Å². The highest BCUT2D eigenvalue weighted by atomic mass is 16.2. The minimum absolute atomic E-state index is 0.0109. The Morgan fingerprint density at radius 2 is 2.26 bits per heavy atom. The second-order valence-electron chi connectivity index (χ2n) is 5.24. The summed E-state index contributed by atoms with van der Waals surface area (Å²) in [4.78, 5) is 16.5. The first-order chi connectivity index (χ1) is 9.08. The van der Waals surface area contributed by atoms with Gasteiger partial charge in [0.2, 0.25) is 11.9 Å². The normalized spacial score (nSPS) is 16.5. The lowest BCUT2D eigenvalue weighted by molar-refractivity contribution is -0.123. The maximum absolute atomic E-state index is 12.2. The number of fused-ring (bicyclic) bond motifs is 1. The molecule has 3 N–H and O–H groups in total. The van der Waals surface area contributed by atoms with Crippen molar-refractivity contribution in [2.75, 3.05) is 5.73 Å². The Kier molecular flexibility index (Phi) is 2.69. The van der Waals surface area contributed by atoms with E-state index in [2.05, 4.69) is 10.3 Å². The largest absolute Gasteiger partial charge is 0.369 e. The lowest BCUT2D eigenvalue weighted by Crippen LogP contribution is -2.33. The Labute approximate surface area is 111 Å². The van der Waals surface area contributed by atoms with Gasteiger partial charge in [0.05, 0.1) is 11.0 Å². The molecule has 5 nitrogen and oxygen atoms in total. The summed E-state index contributed by atoms with van der Waals surface area (Å²) in [5.41, 5.74) is 8.84. The molecule has 1 aromatic carbocycles. The lowest BCUT2D eigenvalue weighted by Gasteiger charge is -2.16. The maximum atomic E-state index is 12.2. The first-order valence-corrected chi connectivity index (χ1v) is 6.61. The zero-order valence-electron chi connectivity index (χ0n) is 11.2. The molecule has 0 bridgehead atoms. The number of nitrogen functional groups attached to an aromatic ring is 1. The number of imidazole rings is 1. The first kappa shape index (κ1) is 12.0. The van der Waals surface area contributed by atoms with Gasteiger partial charge in [0, 0.05) is 6.04 Å². The standard InChI is InChI=1S/C14H18N4O/c1-8-4-3-5-11-12(8)18(14(15)17-11)9(2)13(19)16-10-6-7-10/h3-5,9-10H,6-7H2,1-2H3,(H2,15,17)(H,16,19). The van der Waals surface area contributed by atoms with Crippen LogP contribution in [0.3, 0.4) is 0 Å². The lowest BCUT2D eigenvalue weighted by atomic mass is 10.2. The summed E-state index contributed by atoms with van der Waals surface area (Å²) < 4.78 is 1.82. The van der Waals surface area contributed by atoms with Crippen LogP contribution in [0, 0.1) is 6.92 Å². The molecule has 5 heteroatoms. The Balaban J connectivity index is 2.03. The maximum Gasteiger partial charge on any atom is 0.243 e. The second kappa shape index (κ2) is 4.26. The molecule has 0 radical (unpaired) electrons. The van der Waals surface area contributed by atoms with Gasteiger partial charge >= 0.3 is 0 Å². The first-order valence-electron chi connectivity index (χ1n) is 6.61. The fraction of sp³-hybridized carbons (Fsp3) is 0.429. The van der Waals surface area contributed by atoms with Crippen molar-refractivity contribution in [2.45, 2.75) is 38.8 Å². The molecule has 2 aromatic rings. The third-order valence-electron chi connectivity index (χ3n) is 3.63. The number of hydrogen-bond donors (Lipinski definition) is 2. The van der Waals surface area contributed by atoms with Crippen molar-refractivity contribution in [3.8, 4) is 0 Å². The summed E-state index contributed by atoms with van der Waals surface area (Å²) in [5.74, 6) is 0.402. The van der Waals surface area contributed by atoms with Crippen LogP contribution in [0.5, 0.6) is 0 Å². The summed E-state index contributed by atoms with van der Waals surface area (Å²) in [6.45, 7) is 3.87. The summed E-state index contributed by atoms with van der Waals surface area (Å²) in [7, 11) is 0. The molecule has 19 heavy (non-hydrogen) atoms. The van der Waals surface area contributed by atoms with Gasteiger partial charge in [-0.05, 0) is 38.3 Å². The molecular formula is C14H18N4O. The highest BCUT2D eigenvalue weighted by molar-refractivity contribution is 5.87. The van der Waals surface area contributed by atoms with E-state index >= 15 is 0 Å². The fourth-order valence-electron chi connectivity index (χ4n) is 2.40. The van der Waals surface area contributed by atoms with Gasteiger partial charge in [-0.15, -0.1) is 0 Å². The number of benzene rings is 1. The molecule has 1 aromatic heterocycles. The summed E-state index contributed by atoms with van der Waals surface area (Å²) in [6, 6.07) is 5.88. The van der Waals surface area contributed by atoms with E-state index in [0.29, 0.717) is 12.0 Å². The average Bonchev–Trinajstić information content (AvgIpc) is 3.10. The summed E-state index contributed by atoms with van der Waals surface area (Å²) >= 11 is 0. The number of hydrogen-bond acceptors (Lipinski definition) is 3. The number of nitrogens with two attached hydrogens (primary N) is 1. The highest BCUT2D eigenvalue weighted by Crippen LogP contribution is 2.26. The van der Waals surface area contributed by atoms with Gasteiger partial charge in [0.25, 0.3) is 0 Å². The zero-order chi connectivity index (χ0) is 13.6. The van der Waals surface area contributed by atoms with E-state index in [1.165, 1.54) is 0 Å². The molecule has 1 amide bonds. The molecule has 0 saturated heterocycles. The number of anilines is 1. The minimum atomic E-state index is -0.341. The minimum Gasteiger partial charge on any atom is -0.369 e. The molecule has 1 saturated carbocycles. The van der Waals surface area contributed by atoms with Crippen molar-refractivity contribution in [1.29, 1.82) is 0 Å². The van der Waals surface area contributed by atoms with Crippen LogP contribution in [0.4, 0.5) is 5.95 Å². The van der Waals surface area contributed by atoms with Gasteiger partial charge in [0.1, 0.15) is 6.04 Å². The van der Waals surface area contributed by atoms with E-state index in [9.17, 15) is 4.79 Å². The third kappa shape index (κ3) is 2.05. The molecule has 1 unspecified atom stereocenters. The monoisotopic (exact) mass is 258 g/mol. The van der Waals surface area contributed by atoms with Crippen LogP contribution in [0.1, 0.15) is 31.4 Å². The number of rotatable bonds is 3. The van der Waals surface area contributed by atoms with Crippen molar-refractivity contribution in [2.24, 2.45) is 0 Å². The van der Waals surface area contributed by atoms with E-state index in [1.54, 1.807) is 0 Å². The molecule has 3 rings (SSSR count). The Morgan fingerprint density at radius 1 is 1.53 bits per heavy atom. The molecule has 1 aliphatic rings. The van der Waals surface area contributed by atoms with Crippen LogP contribution in [-0.2, 0) is 4.79 Å². The van der Waals surface area contributed by atoms with E-state index in [0.717, 1.165) is 29.4 Å². The van der Waals surface area contributed by atoms with Gasteiger partial charge in [-0.1, -0.05) is 12.1 Å². The number of aryl methyl sites for hydroxylation is 1. The van der Waals surface area contributed by atoms with Crippen LogP contribution in [-0.4, -0.2) is 21.5 Å². The fourth-order valence-corrected chi connectivity index (χ4v) is 2.40. The van der Waals surface area contributed by atoms with E-state index < -0.39 is 0 Å². The van der Waals surface area contributed by atoms with Gasteiger partial charge in [-0.3, -0.25) is 9.36 Å². The van der Waals surface area contributed by atoms with Crippen LogP contribution >= 0.6 is 0 Å². The quantitative estimate of drug-likeness (QED) is 0.881. The van der Waals surface area contributed by atoms with Crippen molar-refractivity contribution in [3.63, 3.8) is 0 Å². The predicted molar refractivity (Wildman–Crippen MR) is 74.8 cm³/mol. The van der Waals surface area contributed by atoms with Crippen LogP contribution in [0.25, 0.3) is 11.0 Å². The second-order valence-corrected chi connectivity index (χ2v) is 5.24. The Morgan fingerprint density at radius 3 is 2.95 bits per heavy atom. The molecule has 1 aliphatic carbocycles.